The third-order valence-corrected chi connectivity index (χ3v) is 14.9. The normalized spacial score (nSPS) is 17.7. The Kier molecular flexibility index (Phi) is 19.0. The molecule has 28 heteroatoms. The summed E-state index contributed by atoms with van der Waals surface area (Å²) in [7, 11) is 3.15. The Morgan fingerprint density at radius 1 is 0.542 bits per heavy atom. The minimum absolute atomic E-state index is 0.0541. The van der Waals surface area contributed by atoms with E-state index >= 15 is 0 Å². The molecule has 1 aromatic carbocycles. The van der Waals surface area contributed by atoms with Crippen LogP contribution in [-0.4, -0.2) is 110 Å². The molecule has 3 fully saturated rings. The number of likely N-dealkylation sites (tertiary alicyclic amines) is 3. The average molecular weight is 1190 g/mol. The molecule has 0 bridgehead atoms. The molecule has 6 aromatic heterocycles. The fraction of sp³-hybridized carbons (Fsp3) is 0.509. The predicted octanol–water partition coefficient (Wildman–Crippen LogP) is 10.7. The second-order valence-corrected chi connectivity index (χ2v) is 21.2. The summed E-state index contributed by atoms with van der Waals surface area (Å²) in [5.74, 6) is 1.57. The quantitative estimate of drug-likeness (QED) is 0.0849. The number of nitrogen functional groups attached to an aromatic ring is 1. The second-order valence-electron chi connectivity index (χ2n) is 20.8. The summed E-state index contributed by atoms with van der Waals surface area (Å²) < 4.78 is 135. The smallest absolute Gasteiger partial charge is 0.435 e. The van der Waals surface area contributed by atoms with Crippen molar-refractivity contribution in [3.63, 3.8) is 0 Å². The number of nitrogens with two attached hydrogens (primary N) is 1. The van der Waals surface area contributed by atoms with Crippen LogP contribution in [0.25, 0.3) is 16.9 Å². The molecule has 18 nitrogen and oxygen atoms in total. The zero-order valence-electron chi connectivity index (χ0n) is 46.2. The van der Waals surface area contributed by atoms with Crippen molar-refractivity contribution in [2.24, 2.45) is 17.8 Å². The molecule has 0 radical (unpaired) electrons. The number of fused-ring (bicyclic) bond motifs is 3. The van der Waals surface area contributed by atoms with Crippen molar-refractivity contribution < 1.29 is 63.4 Å². The summed E-state index contributed by atoms with van der Waals surface area (Å²) in [4.78, 5) is 52.2. The summed E-state index contributed by atoms with van der Waals surface area (Å²) >= 11 is 5.80. The largest absolute Gasteiger partial charge is 0.497 e. The Morgan fingerprint density at radius 3 is 1.36 bits per heavy atom. The number of hydrogen-bond donors (Lipinski definition) is 1. The van der Waals surface area contributed by atoms with Gasteiger partial charge in [-0.25, -0.2) is 28.5 Å². The van der Waals surface area contributed by atoms with Gasteiger partial charge in [-0.05, 0) is 97.9 Å². The summed E-state index contributed by atoms with van der Waals surface area (Å²) in [5, 5.41) is 12.4. The summed E-state index contributed by atoms with van der Waals surface area (Å²) in [5.41, 5.74) is 3.88. The molecular weight excluding hydrogens is 1130 g/mol. The van der Waals surface area contributed by atoms with Gasteiger partial charge in [-0.1, -0.05) is 57.7 Å². The molecule has 2 N–H and O–H groups in total. The number of methoxy groups -OCH3 is 2. The number of benzene rings is 1. The van der Waals surface area contributed by atoms with E-state index in [9.17, 15) is 53.9 Å². The highest BCUT2D eigenvalue weighted by atomic mass is 35.5. The van der Waals surface area contributed by atoms with Gasteiger partial charge in [0.2, 0.25) is 17.7 Å². The van der Waals surface area contributed by atoms with Gasteiger partial charge in [-0.15, -0.1) is 5.10 Å². The van der Waals surface area contributed by atoms with Gasteiger partial charge >= 0.3 is 18.5 Å². The molecule has 83 heavy (non-hydrogen) atoms. The van der Waals surface area contributed by atoms with E-state index in [1.165, 1.54) is 49.5 Å². The summed E-state index contributed by atoms with van der Waals surface area (Å²) in [6.07, 6.45) is -6.27. The molecule has 3 unspecified atom stereocenters. The Bertz CT molecular complexity index is 3330. The predicted molar refractivity (Wildman–Crippen MR) is 286 cm³/mol. The minimum atomic E-state index is -4.65. The molecule has 7 aromatic rings. The van der Waals surface area contributed by atoms with E-state index in [-0.39, 0.29) is 100 Å². The highest BCUT2D eigenvalue weighted by Crippen LogP contribution is 2.37. The highest BCUT2D eigenvalue weighted by molar-refractivity contribution is 6.29. The molecule has 3 aliphatic rings. The molecule has 3 atom stereocenters. The van der Waals surface area contributed by atoms with Crippen molar-refractivity contribution >= 4 is 52.1 Å². The van der Waals surface area contributed by atoms with E-state index in [1.54, 1.807) is 26.4 Å². The molecule has 3 aliphatic heterocycles. The van der Waals surface area contributed by atoms with Crippen LogP contribution in [0.4, 0.5) is 45.3 Å². The zero-order valence-corrected chi connectivity index (χ0v) is 47.0. The van der Waals surface area contributed by atoms with Gasteiger partial charge in [0.05, 0.1) is 56.6 Å². The molecule has 3 saturated heterocycles. The molecule has 10 rings (SSSR count). The summed E-state index contributed by atoms with van der Waals surface area (Å²) in [6, 6.07) is 14.3. The number of amides is 3. The number of imidazole rings is 3. The maximum Gasteiger partial charge on any atom is 0.435 e. The van der Waals surface area contributed by atoms with E-state index in [4.69, 9.17) is 26.8 Å². The number of alkyl halides is 9. The Balaban J connectivity index is 0.000000167. The van der Waals surface area contributed by atoms with Crippen molar-refractivity contribution in [3.05, 3.63) is 105 Å². The van der Waals surface area contributed by atoms with Crippen LogP contribution in [0, 0.1) is 17.8 Å². The first-order valence-corrected chi connectivity index (χ1v) is 27.5. The average Bonchev–Trinajstić information content (AvgIpc) is 4.46. The van der Waals surface area contributed by atoms with Crippen LogP contribution >= 0.6 is 11.6 Å². The Morgan fingerprint density at radius 2 is 0.952 bits per heavy atom. The topological polar surface area (TPSA) is 196 Å². The number of halogens is 10. The van der Waals surface area contributed by atoms with Crippen molar-refractivity contribution in [1.29, 1.82) is 0 Å². The third-order valence-electron chi connectivity index (χ3n) is 14.7. The van der Waals surface area contributed by atoms with Crippen LogP contribution in [0.2, 0.25) is 5.15 Å². The first-order chi connectivity index (χ1) is 39.3. The first kappa shape index (κ1) is 61.6. The van der Waals surface area contributed by atoms with Gasteiger partial charge in [0.1, 0.15) is 22.5 Å². The molecule has 0 aliphatic carbocycles. The lowest BCUT2D eigenvalue weighted by atomic mass is 10.0. The van der Waals surface area contributed by atoms with Crippen molar-refractivity contribution in [2.45, 2.75) is 130 Å². The maximum absolute atomic E-state index is 13.8. The number of rotatable bonds is 17. The van der Waals surface area contributed by atoms with Crippen LogP contribution in [-0.2, 0) is 65.4 Å². The number of aryl methyl sites for hydroxylation is 2. The van der Waals surface area contributed by atoms with Gasteiger partial charge in [-0.3, -0.25) is 14.4 Å². The van der Waals surface area contributed by atoms with Crippen LogP contribution in [0.1, 0.15) is 124 Å². The highest BCUT2D eigenvalue weighted by Gasteiger charge is 2.43. The Labute approximate surface area is 476 Å². The van der Waals surface area contributed by atoms with Crippen LogP contribution < -0.4 is 15.2 Å². The van der Waals surface area contributed by atoms with Gasteiger partial charge in [0.25, 0.3) is 0 Å². The first-order valence-electron chi connectivity index (χ1n) is 27.1. The van der Waals surface area contributed by atoms with Gasteiger partial charge in [0.15, 0.2) is 34.0 Å². The van der Waals surface area contributed by atoms with Gasteiger partial charge in [-0.2, -0.15) is 49.7 Å². The standard InChI is InChI=1S/C25H29F3N4O3.C15H16ClF3N4O.C15H18F3N5O/c1-4-5-16-12-23(33)31(14-16)15-20-24(25(26,27)28)29-22-11-9-18(30-32(20)22)8-6-17-7-10-19(34-2)13-21(17)35-3;1-2-3-9-6-13(24)22(7-9)8-10-14(15(17,18)19)20-12-5-4-11(16)21-23(10)12;1-2-3-9-6-13(24)22(7-9)8-10-14(15(16,17)18)20-12-5-4-11(19)21-23(10)12/h7,9-11,13,16H,4-6,8,12,14-15H2,1-3H3;4-5,9H,2-3,6-8H2,1H3;4-5,9H,2-3,6-8H2,1H3,(H2,19,21). The maximum atomic E-state index is 13.8. The van der Waals surface area contributed by atoms with Crippen LogP contribution in [0.3, 0.4) is 0 Å². The monoisotopic (exact) mass is 1190 g/mol. The van der Waals surface area contributed by atoms with E-state index in [0.717, 1.165) is 53.1 Å². The number of carbonyl (C=O) groups is 3. The fourth-order valence-electron chi connectivity index (χ4n) is 10.9. The van der Waals surface area contributed by atoms with E-state index in [0.29, 0.717) is 68.9 Å². The SMILES string of the molecule is CCCC1CC(=O)N(Cc2c(C(F)(F)F)nc3ccc(CCc4ccc(OC)cc4OC)nn23)C1.CCCC1CC(=O)N(Cc2c(C(F)(F)F)nc3ccc(Cl)nn23)C1.CCCC1CC(=O)N(Cc2c(C(F)(F)F)nc3ccc(N)nn23)C1. The summed E-state index contributed by atoms with van der Waals surface area (Å²) in [6.45, 7) is 6.92. The zero-order chi connectivity index (χ0) is 60.1. The van der Waals surface area contributed by atoms with Crippen molar-refractivity contribution in [1.82, 2.24) is 58.5 Å². The molecule has 0 spiro atoms. The molecule has 0 saturated carbocycles. The van der Waals surface area contributed by atoms with Crippen molar-refractivity contribution in [3.8, 4) is 11.5 Å². The number of ether oxygens (including phenoxy) is 2. The van der Waals surface area contributed by atoms with Crippen LogP contribution in [0.15, 0.2) is 54.6 Å². The number of carbonyl (C=O) groups excluding carboxylic acids is 3. The lowest BCUT2D eigenvalue weighted by molar-refractivity contribution is -0.143. The fourth-order valence-corrected chi connectivity index (χ4v) is 11.0. The third kappa shape index (κ3) is 14.5. The Hall–Kier alpha value is -7.45. The van der Waals surface area contributed by atoms with Gasteiger partial charge in [0, 0.05) is 45.0 Å². The lowest BCUT2D eigenvalue weighted by Gasteiger charge is -2.18. The van der Waals surface area contributed by atoms with E-state index in [2.05, 4.69) is 30.2 Å². The molecule has 9 heterocycles. The number of nitrogens with zero attached hydrogens (tertiary/aromatic N) is 12. The molecule has 448 valence electrons. The number of hydrogen-bond acceptors (Lipinski definition) is 12. The van der Waals surface area contributed by atoms with Crippen molar-refractivity contribution in [2.75, 3.05) is 39.6 Å². The van der Waals surface area contributed by atoms with E-state index in [1.807, 2.05) is 32.9 Å². The minimum Gasteiger partial charge on any atom is -0.497 e. The molecule has 3 amide bonds. The number of aromatic nitrogens is 9. The van der Waals surface area contributed by atoms with Crippen LogP contribution in [0.5, 0.6) is 11.5 Å². The number of anilines is 1. The lowest BCUT2D eigenvalue weighted by Crippen LogP contribution is -2.27. The van der Waals surface area contributed by atoms with E-state index < -0.39 is 35.6 Å². The molecular formula is C55H63ClF9N13O5. The van der Waals surface area contributed by atoms with Gasteiger partial charge < -0.3 is 29.9 Å². The second kappa shape index (κ2) is 25.6.